The van der Waals surface area contributed by atoms with Crippen LogP contribution in [0.3, 0.4) is 0 Å². The molecule has 0 aromatic carbocycles. The molecule has 0 aromatic rings. The van der Waals surface area contributed by atoms with Crippen molar-refractivity contribution in [3.8, 4) is 0 Å². The van der Waals surface area contributed by atoms with E-state index in [4.69, 9.17) is 9.90 Å². The van der Waals surface area contributed by atoms with Crippen molar-refractivity contribution in [1.29, 1.82) is 0 Å². The molecule has 0 saturated carbocycles. The van der Waals surface area contributed by atoms with Gasteiger partial charge in [-0.05, 0) is 0 Å². The molecule has 0 atom stereocenters. The Labute approximate surface area is 109 Å². The Morgan fingerprint density at radius 1 is 1.23 bits per heavy atom. The zero-order valence-electron chi connectivity index (χ0n) is 6.56. The Kier molecular flexibility index (Phi) is 66.4. The third-order valence-corrected chi connectivity index (χ3v) is 0. The van der Waals surface area contributed by atoms with Crippen molar-refractivity contribution in [3.05, 3.63) is 0 Å². The number of thiocarbonyl (C=S) groups is 2. The fourth-order valence-electron chi connectivity index (χ4n) is 0. The maximum atomic E-state index is 8.25. The molecule has 0 saturated heterocycles. The molecule has 0 amide bonds. The first-order valence-corrected chi connectivity index (χ1v) is 3.50. The van der Waals surface area contributed by atoms with Gasteiger partial charge in [0, 0.05) is 6.47 Å². The van der Waals surface area contributed by atoms with Gasteiger partial charge in [0.25, 0.3) is 0 Å². The number of quaternary nitrogens is 1. The SMILES string of the molecule is NC(=S)[S-].NC(=S)[S-].O=C[O-].[Mn+2].[NH4+]. The van der Waals surface area contributed by atoms with E-state index in [9.17, 15) is 0 Å². The minimum atomic E-state index is -0.500. The molecule has 5 nitrogen and oxygen atoms in total. The second-order valence-electron chi connectivity index (χ2n) is 0.734. The number of rotatable bonds is 0. The molecule has 79 valence electrons. The summed E-state index contributed by atoms with van der Waals surface area (Å²) in [6.07, 6.45) is 0. The molecular weight excluding hydrogens is 293 g/mol. The van der Waals surface area contributed by atoms with Crippen LogP contribution in [0.4, 0.5) is 0 Å². The number of carbonyl (C=O) groups is 1. The first-order chi connectivity index (χ1) is 4.88. The molecule has 1 radical (unpaired) electrons. The van der Waals surface area contributed by atoms with Gasteiger partial charge in [-0.2, -0.15) is 0 Å². The van der Waals surface area contributed by atoms with Crippen molar-refractivity contribution in [3.63, 3.8) is 0 Å². The van der Waals surface area contributed by atoms with Crippen LogP contribution in [0.25, 0.3) is 0 Å². The molecule has 0 heterocycles. The van der Waals surface area contributed by atoms with Crippen LogP contribution < -0.4 is 22.7 Å². The third kappa shape index (κ3) is 43800. The maximum absolute atomic E-state index is 8.25. The van der Waals surface area contributed by atoms with Gasteiger partial charge in [-0.25, -0.2) is 0 Å². The van der Waals surface area contributed by atoms with Crippen molar-refractivity contribution in [2.75, 3.05) is 0 Å². The largest absolute Gasteiger partial charge is 2.00 e. The van der Waals surface area contributed by atoms with E-state index >= 15 is 0 Å². The zero-order valence-corrected chi connectivity index (χ0v) is 11.0. The number of carboxylic acid groups (broad SMARTS) is 1. The number of hydrogen-bond acceptors (Lipinski definition) is 6. The average molecular weight is 302 g/mol. The van der Waals surface area contributed by atoms with E-state index in [0.717, 1.165) is 0 Å². The predicted octanol–water partition coefficient (Wildman–Crippen LogP) is -1.71. The normalized spacial score (nSPS) is 4.62. The predicted molar refractivity (Wildman–Crippen MR) is 60.3 cm³/mol. The van der Waals surface area contributed by atoms with Crippen molar-refractivity contribution in [2.24, 2.45) is 11.5 Å². The van der Waals surface area contributed by atoms with Gasteiger partial charge in [-0.1, -0.05) is 8.64 Å². The van der Waals surface area contributed by atoms with Gasteiger partial charge >= 0.3 is 17.1 Å². The molecule has 0 aliphatic heterocycles. The van der Waals surface area contributed by atoms with Crippen molar-refractivity contribution < 1.29 is 27.0 Å². The summed E-state index contributed by atoms with van der Waals surface area (Å²) in [4.78, 5) is 8.25. The maximum Gasteiger partial charge on any atom is 2.00 e. The Hall–Kier alpha value is 0.169. The molecule has 0 fully saturated rings. The number of nitrogens with two attached hydrogens (primary N) is 2. The van der Waals surface area contributed by atoms with Gasteiger partial charge in [0.05, 0.1) is 0 Å². The summed E-state index contributed by atoms with van der Waals surface area (Å²) in [7, 11) is 0. The topological polar surface area (TPSA) is 129 Å². The smallest absolute Gasteiger partial charge is 0.554 e. The summed E-state index contributed by atoms with van der Waals surface area (Å²) in [5.74, 6) is 0. The molecule has 0 aromatic heterocycles. The third-order valence-electron chi connectivity index (χ3n) is 0. The van der Waals surface area contributed by atoms with E-state index in [2.05, 4.69) is 61.2 Å². The summed E-state index contributed by atoms with van der Waals surface area (Å²) in [6, 6.07) is 0. The number of hydrogen-bond donors (Lipinski definition) is 3. The second kappa shape index (κ2) is 29.5. The fraction of sp³-hybridized carbons (Fsp3) is 0. The van der Waals surface area contributed by atoms with E-state index in [0.29, 0.717) is 0 Å². The minimum Gasteiger partial charge on any atom is -0.554 e. The summed E-state index contributed by atoms with van der Waals surface area (Å²) in [5, 5.41) is 8.25. The summed E-state index contributed by atoms with van der Waals surface area (Å²) in [6.45, 7) is -0.500. The summed E-state index contributed by atoms with van der Waals surface area (Å²) >= 11 is 16.5. The van der Waals surface area contributed by atoms with Gasteiger partial charge < -0.3 is 77.2 Å². The van der Waals surface area contributed by atoms with E-state index in [-0.39, 0.29) is 31.9 Å². The monoisotopic (exact) mass is 302 g/mol. The van der Waals surface area contributed by atoms with Gasteiger partial charge in [-0.15, -0.1) is 0 Å². The van der Waals surface area contributed by atoms with Gasteiger partial charge in [0.15, 0.2) is 0 Å². The van der Waals surface area contributed by atoms with E-state index < -0.39 is 6.47 Å². The molecule has 0 aliphatic rings. The summed E-state index contributed by atoms with van der Waals surface area (Å²) < 4.78 is 0.167. The van der Waals surface area contributed by atoms with E-state index in [1.54, 1.807) is 0 Å². The molecule has 8 N–H and O–H groups in total. The fourth-order valence-corrected chi connectivity index (χ4v) is 0. The molecule has 13 heavy (non-hydrogen) atoms. The van der Waals surface area contributed by atoms with Crippen molar-refractivity contribution >= 4 is 64.8 Å². The molecule has 0 unspecified atom stereocenters. The van der Waals surface area contributed by atoms with Gasteiger partial charge in [0.2, 0.25) is 0 Å². The number of carbonyl (C=O) groups excluding carboxylic acids is 1. The van der Waals surface area contributed by atoms with E-state index in [1.807, 2.05) is 0 Å². The van der Waals surface area contributed by atoms with Crippen LogP contribution >= 0.6 is 24.4 Å². The quantitative estimate of drug-likeness (QED) is 0.209. The standard InChI is InChI=1S/2CH3NS2.CH2O2.Mn.H3N/c2*2-1(3)4;2-1-3;;/h2*(H3,2,3,4);1H,(H,2,3);;1H3/q;;;+2;/p-2. The Morgan fingerprint density at radius 2 is 1.23 bits per heavy atom. The Bertz CT molecular complexity index is 116. The molecule has 0 aliphatic carbocycles. The van der Waals surface area contributed by atoms with Crippen molar-refractivity contribution in [1.82, 2.24) is 6.15 Å². The molecule has 0 bridgehead atoms. The van der Waals surface area contributed by atoms with Crippen LogP contribution in [0, 0.1) is 0 Å². The first kappa shape index (κ1) is 29.2. The van der Waals surface area contributed by atoms with Gasteiger partial charge in [0.1, 0.15) is 0 Å². The van der Waals surface area contributed by atoms with Crippen LogP contribution in [-0.4, -0.2) is 15.1 Å². The average Bonchev–Trinajstić information content (AvgIpc) is 1.60. The van der Waals surface area contributed by atoms with E-state index in [1.165, 1.54) is 0 Å². The Balaban J connectivity index is -0.0000000231. The summed E-state index contributed by atoms with van der Waals surface area (Å²) in [5.41, 5.74) is 9.31. The zero-order chi connectivity index (χ0) is 9.86. The Morgan fingerprint density at radius 3 is 1.23 bits per heavy atom. The minimum absolute atomic E-state index is 0. The van der Waals surface area contributed by atoms with Crippen LogP contribution in [0.1, 0.15) is 0 Å². The van der Waals surface area contributed by atoms with Crippen LogP contribution in [0.2, 0.25) is 0 Å². The molecule has 0 rings (SSSR count). The molecule has 0 spiro atoms. The van der Waals surface area contributed by atoms with Crippen LogP contribution in [0.15, 0.2) is 0 Å². The van der Waals surface area contributed by atoms with Crippen molar-refractivity contribution in [2.45, 2.75) is 0 Å². The van der Waals surface area contributed by atoms with Crippen LogP contribution in [0.5, 0.6) is 0 Å². The van der Waals surface area contributed by atoms with Gasteiger partial charge in [-0.3, -0.25) is 0 Å². The molecule has 10 heteroatoms. The first-order valence-electron chi connectivity index (χ1n) is 1.87. The van der Waals surface area contributed by atoms with Crippen LogP contribution in [-0.2, 0) is 47.1 Å². The molecular formula is C3H9MnN3O2S4. The second-order valence-corrected chi connectivity index (χ2v) is 3.01.